The number of rotatable bonds is 7. The summed E-state index contributed by atoms with van der Waals surface area (Å²) in [4.78, 5) is 11.6. The molecule has 0 aromatic heterocycles. The van der Waals surface area contributed by atoms with Crippen molar-refractivity contribution in [2.45, 2.75) is 19.0 Å². The molecule has 1 unspecified atom stereocenters. The highest BCUT2D eigenvalue weighted by atomic mass is 35.5. The van der Waals surface area contributed by atoms with E-state index in [-0.39, 0.29) is 6.61 Å². The molecule has 4 nitrogen and oxygen atoms in total. The van der Waals surface area contributed by atoms with Gasteiger partial charge in [0.25, 0.3) is 0 Å². The van der Waals surface area contributed by atoms with Gasteiger partial charge in [0.15, 0.2) is 0 Å². The largest absolute Gasteiger partial charge is 0.491 e. The molecule has 0 bridgehead atoms. The molecule has 23 heavy (non-hydrogen) atoms. The van der Waals surface area contributed by atoms with Crippen molar-refractivity contribution in [1.82, 2.24) is 5.32 Å². The number of hydrogen-bond acceptors (Lipinski definition) is 3. The van der Waals surface area contributed by atoms with Crippen LogP contribution < -0.4 is 10.1 Å². The van der Waals surface area contributed by atoms with Crippen molar-refractivity contribution >= 4 is 29.2 Å². The third-order valence-corrected chi connectivity index (χ3v) is 4.15. The summed E-state index contributed by atoms with van der Waals surface area (Å²) in [6.45, 7) is 1.90. The molecular weight excluding hydrogens is 337 g/mol. The second kappa shape index (κ2) is 7.68. The molecule has 2 N–H and O–H groups in total. The van der Waals surface area contributed by atoms with Crippen LogP contribution in [0.2, 0.25) is 10.0 Å². The lowest BCUT2D eigenvalue weighted by molar-refractivity contribution is -0.145. The number of carboxylic acid groups (broad SMARTS) is 1. The molecule has 122 valence electrons. The molecule has 0 saturated carbocycles. The smallest absolute Gasteiger partial charge is 0.327 e. The Morgan fingerprint density at radius 1 is 1.17 bits per heavy atom. The van der Waals surface area contributed by atoms with E-state index in [9.17, 15) is 9.90 Å². The Morgan fingerprint density at radius 3 is 2.48 bits per heavy atom. The minimum atomic E-state index is -1.23. The molecule has 0 spiro atoms. The van der Waals surface area contributed by atoms with Crippen LogP contribution in [0.25, 0.3) is 0 Å². The number of aliphatic carboxylic acids is 1. The number of benzene rings is 2. The SMILES string of the molecule is CC(COc1ccccc1)(NCc1ccc(Cl)c(Cl)c1)C(=O)O. The summed E-state index contributed by atoms with van der Waals surface area (Å²) in [5.74, 6) is -0.371. The molecule has 0 fully saturated rings. The van der Waals surface area contributed by atoms with Crippen molar-refractivity contribution < 1.29 is 14.6 Å². The van der Waals surface area contributed by atoms with Crippen LogP contribution in [0.4, 0.5) is 0 Å². The predicted octanol–water partition coefficient (Wildman–Crippen LogP) is 4.01. The lowest BCUT2D eigenvalue weighted by Crippen LogP contribution is -2.53. The van der Waals surface area contributed by atoms with Crippen molar-refractivity contribution in [2.75, 3.05) is 6.61 Å². The summed E-state index contributed by atoms with van der Waals surface area (Å²) in [6, 6.07) is 14.3. The molecule has 0 aliphatic carbocycles. The lowest BCUT2D eigenvalue weighted by atomic mass is 10.0. The van der Waals surface area contributed by atoms with Crippen molar-refractivity contribution in [3.63, 3.8) is 0 Å². The number of nitrogens with one attached hydrogen (secondary N) is 1. The van der Waals surface area contributed by atoms with Gasteiger partial charge in [0.05, 0.1) is 10.0 Å². The molecule has 0 saturated heterocycles. The highest BCUT2D eigenvalue weighted by molar-refractivity contribution is 6.42. The van der Waals surface area contributed by atoms with Crippen molar-refractivity contribution in [3.05, 3.63) is 64.1 Å². The number of halogens is 2. The van der Waals surface area contributed by atoms with E-state index in [0.717, 1.165) is 5.56 Å². The Labute approximate surface area is 145 Å². The minimum Gasteiger partial charge on any atom is -0.491 e. The predicted molar refractivity (Wildman–Crippen MR) is 91.3 cm³/mol. The van der Waals surface area contributed by atoms with Gasteiger partial charge in [0.1, 0.15) is 17.9 Å². The molecule has 0 aliphatic rings. The number of hydrogen-bond donors (Lipinski definition) is 2. The molecular formula is C17H17Cl2NO3. The van der Waals surface area contributed by atoms with Crippen LogP contribution >= 0.6 is 23.2 Å². The van der Waals surface area contributed by atoms with Crippen molar-refractivity contribution in [3.8, 4) is 5.75 Å². The van der Waals surface area contributed by atoms with Gasteiger partial charge in [0, 0.05) is 6.54 Å². The molecule has 2 aromatic carbocycles. The van der Waals surface area contributed by atoms with E-state index in [1.54, 1.807) is 37.3 Å². The van der Waals surface area contributed by atoms with E-state index >= 15 is 0 Å². The van der Waals surface area contributed by atoms with E-state index in [1.165, 1.54) is 0 Å². The van der Waals surface area contributed by atoms with E-state index < -0.39 is 11.5 Å². The Bertz CT molecular complexity index is 679. The Morgan fingerprint density at radius 2 is 1.87 bits per heavy atom. The zero-order valence-corrected chi connectivity index (χ0v) is 14.1. The van der Waals surface area contributed by atoms with E-state index in [0.29, 0.717) is 22.3 Å². The second-order valence-electron chi connectivity index (χ2n) is 5.34. The van der Waals surface area contributed by atoms with Crippen LogP contribution in [-0.2, 0) is 11.3 Å². The second-order valence-corrected chi connectivity index (χ2v) is 6.16. The zero-order chi connectivity index (χ0) is 16.9. The van der Waals surface area contributed by atoms with Crippen LogP contribution in [0, 0.1) is 0 Å². The van der Waals surface area contributed by atoms with Crippen LogP contribution in [-0.4, -0.2) is 23.2 Å². The summed E-state index contributed by atoms with van der Waals surface area (Å²) in [7, 11) is 0. The Hall–Kier alpha value is -1.75. The summed E-state index contributed by atoms with van der Waals surface area (Å²) < 4.78 is 5.57. The van der Waals surface area contributed by atoms with Crippen LogP contribution in [0.1, 0.15) is 12.5 Å². The molecule has 2 aromatic rings. The fourth-order valence-electron chi connectivity index (χ4n) is 1.88. The molecule has 2 rings (SSSR count). The highest BCUT2D eigenvalue weighted by Gasteiger charge is 2.33. The fraction of sp³-hybridized carbons (Fsp3) is 0.235. The first-order valence-electron chi connectivity index (χ1n) is 7.01. The topological polar surface area (TPSA) is 58.6 Å². The van der Waals surface area contributed by atoms with Crippen molar-refractivity contribution in [1.29, 1.82) is 0 Å². The van der Waals surface area contributed by atoms with E-state index in [1.807, 2.05) is 18.2 Å². The van der Waals surface area contributed by atoms with E-state index in [2.05, 4.69) is 5.32 Å². The van der Waals surface area contributed by atoms with Crippen molar-refractivity contribution in [2.24, 2.45) is 0 Å². The molecule has 6 heteroatoms. The average molecular weight is 354 g/mol. The average Bonchev–Trinajstić information content (AvgIpc) is 2.55. The van der Waals surface area contributed by atoms with Gasteiger partial charge >= 0.3 is 5.97 Å². The number of ether oxygens (including phenoxy) is 1. The summed E-state index contributed by atoms with van der Waals surface area (Å²) in [5.41, 5.74) is -0.395. The summed E-state index contributed by atoms with van der Waals surface area (Å²) in [5, 5.41) is 13.4. The maximum Gasteiger partial charge on any atom is 0.327 e. The summed E-state index contributed by atoms with van der Waals surface area (Å²) >= 11 is 11.8. The van der Waals surface area contributed by atoms with Gasteiger partial charge in [0.2, 0.25) is 0 Å². The maximum absolute atomic E-state index is 11.6. The maximum atomic E-state index is 11.6. The Balaban J connectivity index is 2.02. The lowest BCUT2D eigenvalue weighted by Gasteiger charge is -2.26. The van der Waals surface area contributed by atoms with Gasteiger partial charge in [-0.05, 0) is 36.8 Å². The van der Waals surface area contributed by atoms with Gasteiger partial charge in [-0.3, -0.25) is 10.1 Å². The van der Waals surface area contributed by atoms with Gasteiger partial charge in [-0.1, -0.05) is 47.5 Å². The minimum absolute atomic E-state index is 0.00628. The molecule has 1 atom stereocenters. The quantitative estimate of drug-likeness (QED) is 0.789. The highest BCUT2D eigenvalue weighted by Crippen LogP contribution is 2.23. The standard InChI is InChI=1S/C17H17Cl2NO3/c1-17(16(21)22,11-23-13-5-3-2-4-6-13)20-10-12-7-8-14(18)15(19)9-12/h2-9,20H,10-11H2,1H3,(H,21,22). The van der Waals surface area contributed by atoms with Gasteiger partial charge in [-0.25, -0.2) is 0 Å². The molecule has 0 amide bonds. The van der Waals surface area contributed by atoms with Gasteiger partial charge < -0.3 is 9.84 Å². The normalized spacial score (nSPS) is 13.3. The fourth-order valence-corrected chi connectivity index (χ4v) is 2.20. The third kappa shape index (κ3) is 4.86. The molecule has 0 aliphatic heterocycles. The molecule has 0 heterocycles. The van der Waals surface area contributed by atoms with Crippen LogP contribution in [0.3, 0.4) is 0 Å². The first kappa shape index (κ1) is 17.6. The molecule has 0 radical (unpaired) electrons. The first-order valence-corrected chi connectivity index (χ1v) is 7.76. The zero-order valence-electron chi connectivity index (χ0n) is 12.6. The first-order chi connectivity index (χ1) is 10.9. The monoisotopic (exact) mass is 353 g/mol. The van der Waals surface area contributed by atoms with Crippen LogP contribution in [0.5, 0.6) is 5.75 Å². The number of carbonyl (C=O) groups is 1. The third-order valence-electron chi connectivity index (χ3n) is 3.41. The van der Waals surface area contributed by atoms with Gasteiger partial charge in [-0.15, -0.1) is 0 Å². The van der Waals surface area contributed by atoms with Gasteiger partial charge in [-0.2, -0.15) is 0 Å². The number of para-hydroxylation sites is 1. The van der Waals surface area contributed by atoms with Crippen LogP contribution in [0.15, 0.2) is 48.5 Å². The van der Waals surface area contributed by atoms with E-state index in [4.69, 9.17) is 27.9 Å². The Kier molecular flexibility index (Phi) is 5.88. The number of carboxylic acids is 1. The summed E-state index contributed by atoms with van der Waals surface area (Å²) in [6.07, 6.45) is 0.